The molecule has 92 valence electrons. The minimum Gasteiger partial charge on any atom is -0.408 e. The summed E-state index contributed by atoms with van der Waals surface area (Å²) < 4.78 is 7.40. The van der Waals surface area contributed by atoms with Gasteiger partial charge in [-0.25, -0.2) is 9.78 Å². The van der Waals surface area contributed by atoms with Crippen molar-refractivity contribution in [2.75, 3.05) is 5.73 Å². The Kier molecular flexibility index (Phi) is 2.53. The van der Waals surface area contributed by atoms with Gasteiger partial charge in [-0.3, -0.25) is 4.57 Å². The van der Waals surface area contributed by atoms with Gasteiger partial charge in [-0.2, -0.15) is 0 Å². The quantitative estimate of drug-likeness (QED) is 0.746. The average Bonchev–Trinajstić information content (AvgIpc) is 2.81. The number of benzene rings is 1. The molecule has 5 nitrogen and oxygen atoms in total. The third-order valence-corrected chi connectivity index (χ3v) is 4.45. The van der Waals surface area contributed by atoms with Crippen LogP contribution in [0.2, 0.25) is 0 Å². The number of nitrogens with two attached hydrogens (primary N) is 1. The predicted octanol–water partition coefficient (Wildman–Crippen LogP) is 2.60. The van der Waals surface area contributed by atoms with Crippen molar-refractivity contribution in [1.82, 2.24) is 9.55 Å². The van der Waals surface area contributed by atoms with Crippen molar-refractivity contribution in [3.63, 3.8) is 0 Å². The van der Waals surface area contributed by atoms with E-state index >= 15 is 0 Å². The van der Waals surface area contributed by atoms with Crippen LogP contribution in [-0.4, -0.2) is 9.55 Å². The summed E-state index contributed by atoms with van der Waals surface area (Å²) in [6.07, 6.45) is 0. The first-order valence-electron chi connectivity index (χ1n) is 5.08. The molecule has 2 heterocycles. The van der Waals surface area contributed by atoms with E-state index in [9.17, 15) is 4.79 Å². The van der Waals surface area contributed by atoms with Gasteiger partial charge in [0.25, 0.3) is 0 Å². The van der Waals surface area contributed by atoms with Gasteiger partial charge in [0, 0.05) is 12.6 Å². The third kappa shape index (κ3) is 1.67. The molecular formula is C11H8BrN3O2S. The van der Waals surface area contributed by atoms with Crippen LogP contribution >= 0.6 is 27.3 Å². The zero-order valence-corrected chi connectivity index (χ0v) is 11.7. The van der Waals surface area contributed by atoms with Crippen LogP contribution in [0.4, 0.5) is 5.82 Å². The van der Waals surface area contributed by atoms with Crippen molar-refractivity contribution in [2.45, 2.75) is 0 Å². The summed E-state index contributed by atoms with van der Waals surface area (Å²) in [5.41, 5.74) is 7.87. The Morgan fingerprint density at radius 3 is 2.94 bits per heavy atom. The van der Waals surface area contributed by atoms with Gasteiger partial charge >= 0.3 is 5.76 Å². The molecule has 2 N–H and O–H groups in total. The van der Waals surface area contributed by atoms with Gasteiger partial charge in [0.2, 0.25) is 0 Å². The molecule has 0 atom stereocenters. The molecule has 0 aliphatic carbocycles. The highest BCUT2D eigenvalue weighted by atomic mass is 79.9. The standard InChI is InChI=1S/C11H8BrN3O2S/c1-15-6-3-2-5(4-7(6)17-11(15)16)10-14-9(13)8(12)18-10/h2-4H,13H2,1H3. The number of aromatic nitrogens is 2. The second kappa shape index (κ2) is 3.96. The van der Waals surface area contributed by atoms with Crippen LogP contribution in [0.25, 0.3) is 21.7 Å². The highest BCUT2D eigenvalue weighted by molar-refractivity contribution is 9.11. The number of rotatable bonds is 1. The van der Waals surface area contributed by atoms with Crippen molar-refractivity contribution >= 4 is 44.2 Å². The Bertz CT molecular complexity index is 783. The molecule has 3 rings (SSSR count). The van der Waals surface area contributed by atoms with E-state index in [0.29, 0.717) is 11.4 Å². The van der Waals surface area contributed by atoms with Crippen molar-refractivity contribution in [1.29, 1.82) is 0 Å². The largest absolute Gasteiger partial charge is 0.419 e. The monoisotopic (exact) mass is 325 g/mol. The van der Waals surface area contributed by atoms with E-state index in [-0.39, 0.29) is 5.76 Å². The summed E-state index contributed by atoms with van der Waals surface area (Å²) in [5, 5.41) is 0.785. The topological polar surface area (TPSA) is 74.0 Å². The number of fused-ring (bicyclic) bond motifs is 1. The van der Waals surface area contributed by atoms with E-state index in [4.69, 9.17) is 10.2 Å². The molecular weight excluding hydrogens is 318 g/mol. The fourth-order valence-electron chi connectivity index (χ4n) is 1.70. The van der Waals surface area contributed by atoms with E-state index in [1.165, 1.54) is 15.9 Å². The Morgan fingerprint density at radius 1 is 1.50 bits per heavy atom. The molecule has 1 aromatic carbocycles. The van der Waals surface area contributed by atoms with E-state index in [1.807, 2.05) is 12.1 Å². The molecule has 0 radical (unpaired) electrons. The molecule has 0 saturated heterocycles. The van der Waals surface area contributed by atoms with Crippen LogP contribution in [0.15, 0.2) is 31.2 Å². The van der Waals surface area contributed by atoms with E-state index < -0.39 is 0 Å². The lowest BCUT2D eigenvalue weighted by molar-refractivity contribution is 0.528. The third-order valence-electron chi connectivity index (χ3n) is 2.65. The molecule has 7 heteroatoms. The number of aryl methyl sites for hydroxylation is 1. The van der Waals surface area contributed by atoms with Gasteiger partial charge < -0.3 is 10.2 Å². The second-order valence-electron chi connectivity index (χ2n) is 3.79. The molecule has 0 fully saturated rings. The Morgan fingerprint density at radius 2 is 2.28 bits per heavy atom. The molecule has 0 unspecified atom stereocenters. The number of oxazole rings is 1. The lowest BCUT2D eigenvalue weighted by Crippen LogP contribution is -2.08. The van der Waals surface area contributed by atoms with Crippen LogP contribution < -0.4 is 11.5 Å². The summed E-state index contributed by atoms with van der Waals surface area (Å²) in [4.78, 5) is 15.6. The molecule has 0 aliphatic heterocycles. The zero-order valence-electron chi connectivity index (χ0n) is 9.31. The zero-order chi connectivity index (χ0) is 12.9. The molecule has 0 spiro atoms. The van der Waals surface area contributed by atoms with Crippen molar-refractivity contribution < 1.29 is 4.42 Å². The fourth-order valence-corrected chi connectivity index (χ4v) is 2.96. The van der Waals surface area contributed by atoms with Gasteiger partial charge in [0.05, 0.1) is 5.52 Å². The number of hydrogen-bond donors (Lipinski definition) is 1. The Hall–Kier alpha value is -1.60. The van der Waals surface area contributed by atoms with Gasteiger partial charge in [0.1, 0.15) is 14.6 Å². The highest BCUT2D eigenvalue weighted by Gasteiger charge is 2.11. The van der Waals surface area contributed by atoms with Gasteiger partial charge in [-0.1, -0.05) is 0 Å². The number of halogens is 1. The molecule has 0 aliphatic rings. The van der Waals surface area contributed by atoms with Crippen LogP contribution in [0, 0.1) is 0 Å². The summed E-state index contributed by atoms with van der Waals surface area (Å²) in [6.45, 7) is 0. The molecule has 0 bridgehead atoms. The van der Waals surface area contributed by atoms with E-state index in [1.54, 1.807) is 13.1 Å². The van der Waals surface area contributed by atoms with E-state index in [2.05, 4.69) is 20.9 Å². The molecule has 0 saturated carbocycles. The number of thiazole rings is 1. The Labute approximate surface area is 114 Å². The maximum atomic E-state index is 11.4. The summed E-state index contributed by atoms with van der Waals surface area (Å²) >= 11 is 4.77. The van der Waals surface area contributed by atoms with Crippen molar-refractivity contribution in [3.8, 4) is 10.6 Å². The Balaban J connectivity index is 2.22. The van der Waals surface area contributed by atoms with Crippen LogP contribution in [0.3, 0.4) is 0 Å². The van der Waals surface area contributed by atoms with Crippen LogP contribution in [0.1, 0.15) is 0 Å². The molecule has 18 heavy (non-hydrogen) atoms. The summed E-state index contributed by atoms with van der Waals surface area (Å²) in [6, 6.07) is 5.52. The van der Waals surface area contributed by atoms with Crippen LogP contribution in [0.5, 0.6) is 0 Å². The average molecular weight is 326 g/mol. The van der Waals surface area contributed by atoms with Gasteiger partial charge in [0.15, 0.2) is 5.58 Å². The number of hydrogen-bond acceptors (Lipinski definition) is 5. The first kappa shape index (κ1) is 11.5. The SMILES string of the molecule is Cn1c(=O)oc2cc(-c3nc(N)c(Br)s3)ccc21. The lowest BCUT2D eigenvalue weighted by Gasteiger charge is -1.96. The first-order chi connectivity index (χ1) is 8.56. The fraction of sp³-hybridized carbons (Fsp3) is 0.0909. The number of nitrogen functional groups attached to an aromatic ring is 1. The molecule has 2 aromatic heterocycles. The van der Waals surface area contributed by atoms with E-state index in [0.717, 1.165) is 19.9 Å². The van der Waals surface area contributed by atoms with Crippen molar-refractivity contribution in [3.05, 3.63) is 32.5 Å². The summed E-state index contributed by atoms with van der Waals surface area (Å²) in [5.74, 6) is 0.0894. The lowest BCUT2D eigenvalue weighted by atomic mass is 10.2. The van der Waals surface area contributed by atoms with Gasteiger partial charge in [-0.15, -0.1) is 11.3 Å². The second-order valence-corrected chi connectivity index (χ2v) is 6.10. The summed E-state index contributed by atoms with van der Waals surface area (Å²) in [7, 11) is 1.67. The predicted molar refractivity (Wildman–Crippen MR) is 74.7 cm³/mol. The minimum absolute atomic E-state index is 0.373. The maximum absolute atomic E-state index is 11.4. The molecule has 0 amide bonds. The van der Waals surface area contributed by atoms with Gasteiger partial charge in [-0.05, 0) is 34.1 Å². The van der Waals surface area contributed by atoms with Crippen molar-refractivity contribution in [2.24, 2.45) is 7.05 Å². The molecule has 3 aromatic rings. The highest BCUT2D eigenvalue weighted by Crippen LogP contribution is 2.34. The number of anilines is 1. The number of nitrogens with zero attached hydrogens (tertiary/aromatic N) is 2. The minimum atomic E-state index is -0.373. The first-order valence-corrected chi connectivity index (χ1v) is 6.69. The van der Waals surface area contributed by atoms with Crippen LogP contribution in [-0.2, 0) is 7.05 Å². The smallest absolute Gasteiger partial charge is 0.408 e. The maximum Gasteiger partial charge on any atom is 0.419 e. The normalized spacial score (nSPS) is 11.2.